The van der Waals surface area contributed by atoms with Gasteiger partial charge in [-0.05, 0) is 6.42 Å². The van der Waals surface area contributed by atoms with Gasteiger partial charge >= 0.3 is 0 Å². The molecule has 6 heteroatoms. The first-order chi connectivity index (χ1) is 9.26. The topological polar surface area (TPSA) is 93.8 Å². The Morgan fingerprint density at radius 3 is 3.05 bits per heavy atom. The highest BCUT2D eigenvalue weighted by Gasteiger charge is 2.10. The third kappa shape index (κ3) is 3.21. The molecule has 0 radical (unpaired) electrons. The number of fused-ring (bicyclic) bond motifs is 1. The lowest BCUT2D eigenvalue weighted by Gasteiger charge is -2.15. The zero-order chi connectivity index (χ0) is 13.7. The molecule has 104 valence electrons. The molecule has 0 amide bonds. The molecule has 19 heavy (non-hydrogen) atoms. The van der Waals surface area contributed by atoms with Crippen LogP contribution in [0.15, 0.2) is 17.3 Å². The van der Waals surface area contributed by atoms with E-state index in [1.807, 2.05) is 0 Å². The normalized spacial score (nSPS) is 12.9. The number of nitrogens with zero attached hydrogens (tertiary/aromatic N) is 1. The predicted octanol–water partition coefficient (Wildman–Crippen LogP) is 0.892. The summed E-state index contributed by atoms with van der Waals surface area (Å²) < 4.78 is 0. The van der Waals surface area contributed by atoms with Crippen molar-refractivity contribution in [1.82, 2.24) is 20.3 Å². The summed E-state index contributed by atoms with van der Waals surface area (Å²) in [5, 5.41) is 12.6. The Bertz CT molecular complexity index is 575. The Kier molecular flexibility index (Phi) is 4.70. The molecule has 0 aliphatic heterocycles. The van der Waals surface area contributed by atoms with E-state index in [0.717, 1.165) is 24.8 Å². The maximum absolute atomic E-state index is 11.5. The molecule has 6 nitrogen and oxygen atoms in total. The van der Waals surface area contributed by atoms with Crippen molar-refractivity contribution in [3.8, 4) is 0 Å². The second-order valence-corrected chi connectivity index (χ2v) is 4.67. The van der Waals surface area contributed by atoms with E-state index < -0.39 is 0 Å². The second-order valence-electron chi connectivity index (χ2n) is 4.67. The Morgan fingerprint density at radius 2 is 2.32 bits per heavy atom. The van der Waals surface area contributed by atoms with E-state index in [-0.39, 0.29) is 18.2 Å². The minimum atomic E-state index is -0.166. The molecule has 0 spiro atoms. The van der Waals surface area contributed by atoms with E-state index in [1.54, 1.807) is 6.20 Å². The Balaban J connectivity index is 2.05. The number of aromatic nitrogens is 3. The van der Waals surface area contributed by atoms with Gasteiger partial charge in [-0.25, -0.2) is 4.98 Å². The van der Waals surface area contributed by atoms with Crippen molar-refractivity contribution in [2.24, 2.45) is 0 Å². The second kappa shape index (κ2) is 6.49. The zero-order valence-electron chi connectivity index (χ0n) is 11.1. The summed E-state index contributed by atoms with van der Waals surface area (Å²) in [6, 6.07) is 0.0897. The maximum atomic E-state index is 11.5. The van der Waals surface area contributed by atoms with Crippen molar-refractivity contribution >= 4 is 11.0 Å². The van der Waals surface area contributed by atoms with E-state index in [0.29, 0.717) is 17.6 Å². The van der Waals surface area contributed by atoms with Crippen molar-refractivity contribution in [3.63, 3.8) is 0 Å². The summed E-state index contributed by atoms with van der Waals surface area (Å²) in [7, 11) is 0. The third-order valence-corrected chi connectivity index (χ3v) is 3.26. The van der Waals surface area contributed by atoms with Crippen LogP contribution in [0, 0.1) is 0 Å². The molecule has 0 aliphatic carbocycles. The fourth-order valence-electron chi connectivity index (χ4n) is 2.10. The monoisotopic (exact) mass is 264 g/mol. The number of aliphatic hydroxyl groups excluding tert-OH is 1. The molecule has 1 atom stereocenters. The lowest BCUT2D eigenvalue weighted by Crippen LogP contribution is -2.31. The summed E-state index contributed by atoms with van der Waals surface area (Å²) in [5.41, 5.74) is 1.95. The summed E-state index contributed by atoms with van der Waals surface area (Å²) in [6.45, 7) is 2.84. The van der Waals surface area contributed by atoms with Gasteiger partial charge in [0.1, 0.15) is 5.52 Å². The van der Waals surface area contributed by atoms with Crippen LogP contribution in [-0.4, -0.2) is 32.7 Å². The highest BCUT2D eigenvalue weighted by Crippen LogP contribution is 2.11. The van der Waals surface area contributed by atoms with E-state index in [2.05, 4.69) is 27.2 Å². The summed E-state index contributed by atoms with van der Waals surface area (Å²) >= 11 is 0. The number of rotatable bonds is 7. The van der Waals surface area contributed by atoms with Crippen LogP contribution in [0.1, 0.15) is 31.7 Å². The average Bonchev–Trinajstić information content (AvgIpc) is 2.84. The standard InChI is InChI=1S/C13H20N4O2/c1-2-3-4-10(7-18)14-5-9-6-15-12-11(9)16-8-17-13(12)19/h6,8,10,14-15,18H,2-5,7H2,1H3,(H,16,17,19)/t10-/m1/s1. The van der Waals surface area contributed by atoms with Gasteiger partial charge in [0.05, 0.1) is 18.5 Å². The quantitative estimate of drug-likeness (QED) is 0.597. The van der Waals surface area contributed by atoms with Crippen LogP contribution < -0.4 is 10.9 Å². The highest BCUT2D eigenvalue weighted by atomic mass is 16.3. The van der Waals surface area contributed by atoms with E-state index >= 15 is 0 Å². The molecule has 0 fully saturated rings. The number of H-pyrrole nitrogens is 2. The predicted molar refractivity (Wildman–Crippen MR) is 74.0 cm³/mol. The number of hydrogen-bond acceptors (Lipinski definition) is 4. The first kappa shape index (κ1) is 13.8. The third-order valence-electron chi connectivity index (χ3n) is 3.26. The van der Waals surface area contributed by atoms with Gasteiger partial charge in [-0.3, -0.25) is 4.79 Å². The molecular formula is C13H20N4O2. The van der Waals surface area contributed by atoms with Crippen LogP contribution in [0.3, 0.4) is 0 Å². The largest absolute Gasteiger partial charge is 0.395 e. The van der Waals surface area contributed by atoms with Crippen molar-refractivity contribution in [3.05, 3.63) is 28.4 Å². The molecular weight excluding hydrogens is 244 g/mol. The number of hydrogen-bond donors (Lipinski definition) is 4. The summed E-state index contributed by atoms with van der Waals surface area (Å²) in [4.78, 5) is 21.2. The molecule has 2 aromatic heterocycles. The fourth-order valence-corrected chi connectivity index (χ4v) is 2.10. The molecule has 0 aliphatic rings. The van der Waals surface area contributed by atoms with Crippen LogP contribution in [-0.2, 0) is 6.54 Å². The van der Waals surface area contributed by atoms with E-state index in [9.17, 15) is 9.90 Å². The number of aliphatic hydroxyl groups is 1. The molecule has 2 aromatic rings. The zero-order valence-corrected chi connectivity index (χ0v) is 11.1. The van der Waals surface area contributed by atoms with Gasteiger partial charge in [-0.2, -0.15) is 0 Å². The number of nitrogens with one attached hydrogen (secondary N) is 3. The first-order valence-corrected chi connectivity index (χ1v) is 6.64. The molecule has 0 unspecified atom stereocenters. The lowest BCUT2D eigenvalue weighted by molar-refractivity contribution is 0.232. The van der Waals surface area contributed by atoms with Crippen LogP contribution in [0.5, 0.6) is 0 Å². The van der Waals surface area contributed by atoms with Gasteiger partial charge in [0, 0.05) is 24.3 Å². The molecule has 4 N–H and O–H groups in total. The van der Waals surface area contributed by atoms with Crippen molar-refractivity contribution < 1.29 is 5.11 Å². The smallest absolute Gasteiger partial charge is 0.275 e. The van der Waals surface area contributed by atoms with Crippen LogP contribution in [0.4, 0.5) is 0 Å². The highest BCUT2D eigenvalue weighted by molar-refractivity contribution is 5.77. The minimum Gasteiger partial charge on any atom is -0.395 e. The first-order valence-electron chi connectivity index (χ1n) is 6.64. The van der Waals surface area contributed by atoms with E-state index in [4.69, 9.17) is 0 Å². The average molecular weight is 264 g/mol. The molecule has 0 bridgehead atoms. The van der Waals surface area contributed by atoms with Gasteiger partial charge in [0.25, 0.3) is 5.56 Å². The Labute approximate surface area is 111 Å². The Morgan fingerprint density at radius 1 is 1.47 bits per heavy atom. The minimum absolute atomic E-state index is 0.0897. The molecule has 0 saturated carbocycles. The number of unbranched alkanes of at least 4 members (excludes halogenated alkanes) is 1. The van der Waals surface area contributed by atoms with Crippen molar-refractivity contribution in [2.45, 2.75) is 38.8 Å². The van der Waals surface area contributed by atoms with Gasteiger partial charge in [0.2, 0.25) is 0 Å². The number of aromatic amines is 2. The van der Waals surface area contributed by atoms with Crippen molar-refractivity contribution in [1.29, 1.82) is 0 Å². The molecule has 0 aromatic carbocycles. The molecule has 0 saturated heterocycles. The van der Waals surface area contributed by atoms with Crippen LogP contribution >= 0.6 is 0 Å². The van der Waals surface area contributed by atoms with Gasteiger partial charge in [-0.1, -0.05) is 19.8 Å². The summed E-state index contributed by atoms with van der Waals surface area (Å²) in [6.07, 6.45) is 6.34. The van der Waals surface area contributed by atoms with E-state index in [1.165, 1.54) is 6.33 Å². The Hall–Kier alpha value is -1.66. The molecule has 2 heterocycles. The van der Waals surface area contributed by atoms with Gasteiger partial charge in [-0.15, -0.1) is 0 Å². The van der Waals surface area contributed by atoms with Gasteiger partial charge < -0.3 is 20.4 Å². The van der Waals surface area contributed by atoms with Crippen molar-refractivity contribution in [2.75, 3.05) is 6.61 Å². The fraction of sp³-hybridized carbons (Fsp3) is 0.538. The lowest BCUT2D eigenvalue weighted by atomic mass is 10.1. The van der Waals surface area contributed by atoms with Gasteiger partial charge in [0.15, 0.2) is 0 Å². The maximum Gasteiger partial charge on any atom is 0.275 e. The SMILES string of the molecule is CCCC[C@H](CO)NCc1c[nH]c2c(=O)[nH]cnc12. The van der Waals surface area contributed by atoms with Crippen LogP contribution in [0.25, 0.3) is 11.0 Å². The summed E-state index contributed by atoms with van der Waals surface area (Å²) in [5.74, 6) is 0. The van der Waals surface area contributed by atoms with Crippen LogP contribution in [0.2, 0.25) is 0 Å². The molecule has 2 rings (SSSR count).